The Hall–Kier alpha value is -4.81. The van der Waals surface area contributed by atoms with Crippen LogP contribution in [0.25, 0.3) is 33.3 Å². The molecule has 44 heavy (non-hydrogen) atoms. The highest BCUT2D eigenvalue weighted by Crippen LogP contribution is 2.29. The van der Waals surface area contributed by atoms with E-state index in [9.17, 15) is 9.59 Å². The van der Waals surface area contributed by atoms with Crippen molar-refractivity contribution in [2.75, 3.05) is 18.7 Å². The summed E-state index contributed by atoms with van der Waals surface area (Å²) in [6, 6.07) is 18.3. The van der Waals surface area contributed by atoms with E-state index in [4.69, 9.17) is 30.9 Å². The van der Waals surface area contributed by atoms with E-state index >= 15 is 0 Å². The zero-order valence-electron chi connectivity index (χ0n) is 24.7. The summed E-state index contributed by atoms with van der Waals surface area (Å²) in [5, 5.41) is 12.5. The van der Waals surface area contributed by atoms with Crippen molar-refractivity contribution in [1.29, 1.82) is 0 Å². The van der Waals surface area contributed by atoms with E-state index in [1.165, 1.54) is 6.92 Å². The van der Waals surface area contributed by atoms with Crippen molar-refractivity contribution in [2.24, 2.45) is 0 Å². The lowest BCUT2D eigenvalue weighted by molar-refractivity contribution is -0.146. The van der Waals surface area contributed by atoms with Crippen LogP contribution in [0.5, 0.6) is 0 Å². The first-order chi connectivity index (χ1) is 21.1. The molecule has 5 aromatic rings. The van der Waals surface area contributed by atoms with Gasteiger partial charge in [-0.05, 0) is 75.7 Å². The number of pyridine rings is 2. The highest BCUT2D eigenvalue weighted by Gasteiger charge is 2.22. The summed E-state index contributed by atoms with van der Waals surface area (Å²) in [5.74, 6) is -0.614. The number of ether oxygens (including phenoxy) is 2. The van der Waals surface area contributed by atoms with E-state index in [2.05, 4.69) is 32.2 Å². The Morgan fingerprint density at radius 2 is 1.84 bits per heavy atom. The maximum atomic E-state index is 12.1. The normalized spacial score (nSPS) is 12.2. The number of alkyl carbamates (subject to hydrolysis) is 1. The summed E-state index contributed by atoms with van der Waals surface area (Å²) in [6.07, 6.45) is 1.08. The van der Waals surface area contributed by atoms with Crippen LogP contribution in [0.2, 0.25) is 5.02 Å². The van der Waals surface area contributed by atoms with Crippen LogP contribution < -0.4 is 10.8 Å². The smallest absolute Gasteiger partial charge is 0.408 e. The molecule has 1 atom stereocenters. The van der Waals surface area contributed by atoms with E-state index < -0.39 is 23.7 Å². The van der Waals surface area contributed by atoms with Gasteiger partial charge in [-0.25, -0.2) is 19.3 Å². The molecule has 3 heterocycles. The van der Waals surface area contributed by atoms with Gasteiger partial charge in [-0.1, -0.05) is 35.0 Å². The predicted octanol–water partition coefficient (Wildman–Crippen LogP) is 5.54. The van der Waals surface area contributed by atoms with Crippen molar-refractivity contribution < 1.29 is 23.9 Å². The fourth-order valence-electron chi connectivity index (χ4n) is 4.26. The molecule has 0 saturated heterocycles. The number of carbonyl (C=O) groups excluding carboxylic acids is 2. The molecule has 5 rings (SSSR count). The highest BCUT2D eigenvalue weighted by atomic mass is 35.5. The largest absolute Gasteiger partial charge is 0.462 e. The molecular weight excluding hydrogens is 586 g/mol. The predicted molar refractivity (Wildman–Crippen MR) is 166 cm³/mol. The second-order valence-electron chi connectivity index (χ2n) is 11.0. The number of nitrogens with zero attached hydrogens (tertiary/aromatic N) is 5. The van der Waals surface area contributed by atoms with E-state index in [-0.39, 0.29) is 13.2 Å². The Labute approximate surface area is 258 Å². The second-order valence-corrected chi connectivity index (χ2v) is 11.4. The Kier molecular flexibility index (Phi) is 9.21. The number of fused-ring (bicyclic) bond motifs is 2. The third kappa shape index (κ3) is 7.77. The number of aromatic nitrogens is 5. The SMILES string of the molecule is CC(NC(=O)OC(C)(C)C)C(=O)OCCONc1ccc(-c2ccc3nnn(Cc4ccc5ncccc5c4)c3n2)cc1Cl. The zero-order chi connectivity index (χ0) is 31.3. The van der Waals surface area contributed by atoms with Crippen LogP contribution in [-0.2, 0) is 25.7 Å². The Morgan fingerprint density at radius 1 is 1.02 bits per heavy atom. The number of carbonyl (C=O) groups is 2. The van der Waals surface area contributed by atoms with Crippen LogP contribution in [0.4, 0.5) is 10.5 Å². The number of amides is 1. The van der Waals surface area contributed by atoms with Crippen LogP contribution in [-0.4, -0.2) is 61.9 Å². The van der Waals surface area contributed by atoms with Gasteiger partial charge >= 0.3 is 12.1 Å². The molecular formula is C31H32ClN7O5. The van der Waals surface area contributed by atoms with Gasteiger partial charge in [-0.2, -0.15) is 0 Å². The summed E-state index contributed by atoms with van der Waals surface area (Å²) in [6.45, 7) is 7.22. The molecule has 0 radical (unpaired) electrons. The molecule has 228 valence electrons. The van der Waals surface area contributed by atoms with Gasteiger partial charge in [0.1, 0.15) is 30.4 Å². The first kappa shape index (κ1) is 30.6. The van der Waals surface area contributed by atoms with Crippen molar-refractivity contribution in [1.82, 2.24) is 30.3 Å². The van der Waals surface area contributed by atoms with Crippen molar-refractivity contribution >= 4 is 51.4 Å². The molecule has 0 bridgehead atoms. The number of hydrogen-bond donors (Lipinski definition) is 2. The number of hydrogen-bond acceptors (Lipinski definition) is 10. The minimum atomic E-state index is -0.877. The minimum absolute atomic E-state index is 0.0381. The molecule has 2 aromatic carbocycles. The van der Waals surface area contributed by atoms with Gasteiger partial charge in [0.15, 0.2) is 5.65 Å². The van der Waals surface area contributed by atoms with Gasteiger partial charge in [0.2, 0.25) is 0 Å². The van der Waals surface area contributed by atoms with Gasteiger partial charge in [0.25, 0.3) is 0 Å². The third-order valence-corrected chi connectivity index (χ3v) is 6.64. The van der Waals surface area contributed by atoms with Crippen molar-refractivity contribution in [3.8, 4) is 11.3 Å². The number of anilines is 1. The number of nitrogens with one attached hydrogen (secondary N) is 2. The maximum Gasteiger partial charge on any atom is 0.408 e. The Bertz CT molecular complexity index is 1800. The molecule has 3 aromatic heterocycles. The molecule has 0 aliphatic rings. The molecule has 0 aliphatic heterocycles. The minimum Gasteiger partial charge on any atom is -0.462 e. The van der Waals surface area contributed by atoms with Crippen LogP contribution in [0, 0.1) is 0 Å². The molecule has 0 aliphatic carbocycles. The van der Waals surface area contributed by atoms with Crippen LogP contribution in [0.15, 0.2) is 66.9 Å². The molecule has 2 N–H and O–H groups in total. The summed E-state index contributed by atoms with van der Waals surface area (Å²) < 4.78 is 12.0. The van der Waals surface area contributed by atoms with Gasteiger partial charge < -0.3 is 14.8 Å². The topological polar surface area (TPSA) is 142 Å². The molecule has 13 heteroatoms. The summed E-state index contributed by atoms with van der Waals surface area (Å²) in [4.78, 5) is 38.5. The molecule has 0 fully saturated rings. The van der Waals surface area contributed by atoms with E-state index in [1.54, 1.807) is 43.8 Å². The second kappa shape index (κ2) is 13.2. The monoisotopic (exact) mass is 617 g/mol. The number of benzene rings is 2. The average Bonchev–Trinajstić information content (AvgIpc) is 3.38. The van der Waals surface area contributed by atoms with Gasteiger partial charge in [-0.15, -0.1) is 5.10 Å². The molecule has 1 amide bonds. The van der Waals surface area contributed by atoms with Crippen LogP contribution >= 0.6 is 11.6 Å². The molecule has 0 spiro atoms. The lowest BCUT2D eigenvalue weighted by atomic mass is 10.1. The first-order valence-corrected chi connectivity index (χ1v) is 14.3. The summed E-state index contributed by atoms with van der Waals surface area (Å²) >= 11 is 6.52. The van der Waals surface area contributed by atoms with Crippen LogP contribution in [0.3, 0.4) is 0 Å². The fraction of sp³-hybridized carbons (Fsp3) is 0.290. The zero-order valence-corrected chi connectivity index (χ0v) is 25.5. The quantitative estimate of drug-likeness (QED) is 0.116. The van der Waals surface area contributed by atoms with E-state index in [0.29, 0.717) is 34.1 Å². The van der Waals surface area contributed by atoms with Crippen molar-refractivity contribution in [2.45, 2.75) is 45.9 Å². The Balaban J connectivity index is 1.15. The average molecular weight is 618 g/mol. The van der Waals surface area contributed by atoms with Gasteiger partial charge in [0, 0.05) is 17.1 Å². The van der Waals surface area contributed by atoms with E-state index in [0.717, 1.165) is 22.0 Å². The molecule has 12 nitrogen and oxygen atoms in total. The summed E-state index contributed by atoms with van der Waals surface area (Å²) in [7, 11) is 0. The lowest BCUT2D eigenvalue weighted by Gasteiger charge is -2.21. The molecule has 0 saturated carbocycles. The summed E-state index contributed by atoms with van der Waals surface area (Å²) in [5.41, 5.74) is 7.46. The first-order valence-electron chi connectivity index (χ1n) is 13.9. The third-order valence-electron chi connectivity index (χ3n) is 6.32. The van der Waals surface area contributed by atoms with Crippen LogP contribution in [0.1, 0.15) is 33.3 Å². The Morgan fingerprint density at radius 3 is 2.64 bits per heavy atom. The van der Waals surface area contributed by atoms with Gasteiger partial charge in [0.05, 0.1) is 28.5 Å². The van der Waals surface area contributed by atoms with Gasteiger partial charge in [-0.3, -0.25) is 15.3 Å². The fourth-order valence-corrected chi connectivity index (χ4v) is 4.47. The number of rotatable bonds is 10. The number of esters is 1. The molecule has 1 unspecified atom stereocenters. The standard InChI is InChI=1S/C31H32ClN7O5/c1-19(34-30(41)44-31(2,3)4)29(40)42-14-15-43-37-26-10-8-22(17-23(26)32)25-11-12-27-28(35-25)39(38-36-27)18-20-7-9-24-21(16-20)6-5-13-33-24/h5-13,16-17,19,37H,14-15,18H2,1-4H3,(H,34,41). The lowest BCUT2D eigenvalue weighted by Crippen LogP contribution is -2.42. The maximum absolute atomic E-state index is 12.1. The number of halogens is 1. The van der Waals surface area contributed by atoms with Crippen molar-refractivity contribution in [3.63, 3.8) is 0 Å². The van der Waals surface area contributed by atoms with Crippen molar-refractivity contribution in [3.05, 3.63) is 77.4 Å². The highest BCUT2D eigenvalue weighted by molar-refractivity contribution is 6.33. The van der Waals surface area contributed by atoms with E-state index in [1.807, 2.05) is 42.5 Å².